The van der Waals surface area contributed by atoms with Gasteiger partial charge in [-0.15, -0.1) is 0 Å². The van der Waals surface area contributed by atoms with Gasteiger partial charge in [0.05, 0.1) is 12.3 Å². The Morgan fingerprint density at radius 1 is 1.00 bits per heavy atom. The number of nitrogens with one attached hydrogen (secondary N) is 1. The molecule has 1 amide bonds. The molecule has 0 saturated carbocycles. The molecule has 0 aromatic heterocycles. The summed E-state index contributed by atoms with van der Waals surface area (Å²) in [6.45, 7) is 7.61. The Hall–Kier alpha value is -2.38. The van der Waals surface area contributed by atoms with Crippen LogP contribution in [0.1, 0.15) is 35.1 Å². The predicted octanol–water partition coefficient (Wildman–Crippen LogP) is 3.35. The van der Waals surface area contributed by atoms with Crippen LogP contribution >= 0.6 is 0 Å². The molecular formula is C24H32N2O4S. The van der Waals surface area contributed by atoms with Gasteiger partial charge in [-0.1, -0.05) is 35.9 Å². The molecule has 0 unspecified atom stereocenters. The molecule has 1 aliphatic rings. The molecule has 1 fully saturated rings. The molecule has 6 nitrogen and oxygen atoms in total. The van der Waals surface area contributed by atoms with Crippen LogP contribution in [0.4, 0.5) is 0 Å². The first kappa shape index (κ1) is 23.3. The number of sulfonamides is 1. The standard InChI is InChI=1S/C24H32N2O4S/c1-18-4-6-21(7-5-18)17-31(28,29)26-11-8-22(9-12-26)24(27)25-10-13-30-23-15-19(2)14-20(3)16-23/h4-7,14-16,22H,8-13,17H2,1-3H3,(H,25,27). The van der Waals surface area contributed by atoms with E-state index in [4.69, 9.17) is 4.74 Å². The fourth-order valence-electron chi connectivity index (χ4n) is 3.89. The Kier molecular flexibility index (Phi) is 7.73. The van der Waals surface area contributed by atoms with Gasteiger partial charge >= 0.3 is 0 Å². The average Bonchev–Trinajstić information content (AvgIpc) is 2.72. The summed E-state index contributed by atoms with van der Waals surface area (Å²) in [5.74, 6) is 0.616. The summed E-state index contributed by atoms with van der Waals surface area (Å²) >= 11 is 0. The third-order valence-corrected chi connectivity index (χ3v) is 7.40. The van der Waals surface area contributed by atoms with Crippen molar-refractivity contribution in [1.29, 1.82) is 0 Å². The van der Waals surface area contributed by atoms with E-state index in [2.05, 4.69) is 11.4 Å². The van der Waals surface area contributed by atoms with E-state index in [1.807, 2.05) is 57.2 Å². The number of hydrogen-bond donors (Lipinski definition) is 1. The van der Waals surface area contributed by atoms with Crippen LogP contribution < -0.4 is 10.1 Å². The fraction of sp³-hybridized carbons (Fsp3) is 0.458. The molecule has 1 aliphatic heterocycles. The van der Waals surface area contributed by atoms with E-state index in [0.717, 1.165) is 28.0 Å². The van der Waals surface area contributed by atoms with E-state index in [1.165, 1.54) is 4.31 Å². The molecule has 0 radical (unpaired) electrons. The molecule has 0 spiro atoms. The number of benzene rings is 2. The van der Waals surface area contributed by atoms with Crippen LogP contribution in [0.3, 0.4) is 0 Å². The summed E-state index contributed by atoms with van der Waals surface area (Å²) in [7, 11) is -3.38. The number of hydrogen-bond acceptors (Lipinski definition) is 4. The Bertz CT molecular complexity index is 974. The second-order valence-electron chi connectivity index (χ2n) is 8.38. The first-order valence-corrected chi connectivity index (χ1v) is 12.4. The van der Waals surface area contributed by atoms with Gasteiger partial charge in [0.1, 0.15) is 12.4 Å². The van der Waals surface area contributed by atoms with Crippen molar-refractivity contribution in [3.63, 3.8) is 0 Å². The minimum absolute atomic E-state index is 0.0000828. The molecule has 7 heteroatoms. The van der Waals surface area contributed by atoms with Gasteiger partial charge in [-0.25, -0.2) is 12.7 Å². The van der Waals surface area contributed by atoms with E-state index in [0.29, 0.717) is 39.1 Å². The summed E-state index contributed by atoms with van der Waals surface area (Å²) in [6.07, 6.45) is 1.08. The first-order chi connectivity index (χ1) is 14.7. The second-order valence-corrected chi connectivity index (χ2v) is 10.3. The topological polar surface area (TPSA) is 75.7 Å². The van der Waals surface area contributed by atoms with Gasteiger partial charge in [-0.3, -0.25) is 4.79 Å². The highest BCUT2D eigenvalue weighted by molar-refractivity contribution is 7.88. The fourth-order valence-corrected chi connectivity index (χ4v) is 5.45. The molecule has 2 aromatic carbocycles. The average molecular weight is 445 g/mol. The zero-order chi connectivity index (χ0) is 22.4. The number of ether oxygens (including phenoxy) is 1. The lowest BCUT2D eigenvalue weighted by molar-refractivity contribution is -0.126. The highest BCUT2D eigenvalue weighted by Gasteiger charge is 2.31. The number of rotatable bonds is 8. The second kappa shape index (κ2) is 10.3. The zero-order valence-corrected chi connectivity index (χ0v) is 19.4. The van der Waals surface area contributed by atoms with Crippen LogP contribution in [0, 0.1) is 26.7 Å². The molecule has 0 bridgehead atoms. The molecule has 1 saturated heterocycles. The lowest BCUT2D eigenvalue weighted by atomic mass is 9.97. The normalized spacial score (nSPS) is 15.6. The highest BCUT2D eigenvalue weighted by atomic mass is 32.2. The Morgan fingerprint density at radius 2 is 1.61 bits per heavy atom. The van der Waals surface area contributed by atoms with E-state index >= 15 is 0 Å². The molecule has 31 heavy (non-hydrogen) atoms. The Morgan fingerprint density at radius 3 is 2.23 bits per heavy atom. The molecule has 1 heterocycles. The molecule has 2 aromatic rings. The lowest BCUT2D eigenvalue weighted by Gasteiger charge is -2.30. The van der Waals surface area contributed by atoms with Crippen LogP contribution in [0.2, 0.25) is 0 Å². The first-order valence-electron chi connectivity index (χ1n) is 10.7. The van der Waals surface area contributed by atoms with Crippen LogP contribution in [0.5, 0.6) is 5.75 Å². The van der Waals surface area contributed by atoms with Crippen molar-refractivity contribution in [2.75, 3.05) is 26.2 Å². The predicted molar refractivity (Wildman–Crippen MR) is 123 cm³/mol. The number of aryl methyl sites for hydroxylation is 3. The van der Waals surface area contributed by atoms with Crippen molar-refractivity contribution < 1.29 is 17.9 Å². The zero-order valence-electron chi connectivity index (χ0n) is 18.6. The largest absolute Gasteiger partial charge is 0.492 e. The quantitative estimate of drug-likeness (QED) is 0.634. The number of carbonyl (C=O) groups excluding carboxylic acids is 1. The molecule has 168 valence electrons. The van der Waals surface area contributed by atoms with Crippen LogP contribution in [0.25, 0.3) is 0 Å². The van der Waals surface area contributed by atoms with Gasteiger partial charge in [0.25, 0.3) is 0 Å². The van der Waals surface area contributed by atoms with Crippen LogP contribution in [0.15, 0.2) is 42.5 Å². The van der Waals surface area contributed by atoms with E-state index in [1.54, 1.807) is 0 Å². The van der Waals surface area contributed by atoms with Crippen molar-refractivity contribution in [3.05, 3.63) is 64.7 Å². The van der Waals surface area contributed by atoms with Gasteiger partial charge < -0.3 is 10.1 Å². The minimum atomic E-state index is -3.38. The Labute approximate surface area is 185 Å². The third-order valence-electron chi connectivity index (χ3n) is 5.55. The summed E-state index contributed by atoms with van der Waals surface area (Å²) in [6, 6.07) is 13.6. The van der Waals surface area contributed by atoms with Gasteiger partial charge in [0.15, 0.2) is 0 Å². The van der Waals surface area contributed by atoms with Crippen molar-refractivity contribution in [1.82, 2.24) is 9.62 Å². The van der Waals surface area contributed by atoms with Crippen molar-refractivity contribution in [2.24, 2.45) is 5.92 Å². The van der Waals surface area contributed by atoms with Gasteiger partial charge in [-0.2, -0.15) is 0 Å². The molecule has 0 aliphatic carbocycles. The summed E-state index contributed by atoms with van der Waals surface area (Å²) in [5.41, 5.74) is 4.17. The molecule has 1 N–H and O–H groups in total. The van der Waals surface area contributed by atoms with E-state index in [9.17, 15) is 13.2 Å². The van der Waals surface area contributed by atoms with E-state index < -0.39 is 10.0 Å². The summed E-state index contributed by atoms with van der Waals surface area (Å²) in [5, 5.41) is 2.92. The van der Waals surface area contributed by atoms with Crippen molar-refractivity contribution in [2.45, 2.75) is 39.4 Å². The number of amides is 1. The van der Waals surface area contributed by atoms with Gasteiger partial charge in [-0.05, 0) is 62.4 Å². The number of nitrogens with zero attached hydrogens (tertiary/aromatic N) is 1. The summed E-state index contributed by atoms with van der Waals surface area (Å²) < 4.78 is 32.7. The maximum absolute atomic E-state index is 12.7. The minimum Gasteiger partial charge on any atom is -0.492 e. The Balaban J connectivity index is 1.41. The van der Waals surface area contributed by atoms with Crippen LogP contribution in [-0.4, -0.2) is 44.9 Å². The third kappa shape index (κ3) is 6.80. The molecule has 0 atom stereocenters. The SMILES string of the molecule is Cc1ccc(CS(=O)(=O)N2CCC(C(=O)NCCOc3cc(C)cc(C)c3)CC2)cc1. The monoisotopic (exact) mass is 444 g/mol. The van der Waals surface area contributed by atoms with Gasteiger partial charge in [0, 0.05) is 19.0 Å². The lowest BCUT2D eigenvalue weighted by Crippen LogP contribution is -2.43. The van der Waals surface area contributed by atoms with Gasteiger partial charge in [0.2, 0.25) is 15.9 Å². The summed E-state index contributed by atoms with van der Waals surface area (Å²) in [4.78, 5) is 12.5. The van der Waals surface area contributed by atoms with Crippen LogP contribution in [-0.2, 0) is 20.6 Å². The number of carbonyl (C=O) groups is 1. The maximum Gasteiger partial charge on any atom is 0.223 e. The maximum atomic E-state index is 12.7. The molecular weight excluding hydrogens is 412 g/mol. The highest BCUT2D eigenvalue weighted by Crippen LogP contribution is 2.22. The van der Waals surface area contributed by atoms with E-state index in [-0.39, 0.29) is 17.6 Å². The number of piperidine rings is 1. The van der Waals surface area contributed by atoms with Crippen molar-refractivity contribution >= 4 is 15.9 Å². The van der Waals surface area contributed by atoms with Crippen molar-refractivity contribution in [3.8, 4) is 5.75 Å². The smallest absolute Gasteiger partial charge is 0.223 e. The molecule has 3 rings (SSSR count).